The standard InChI is InChI=1S/C14H19N3O4/c1-2-4-16-13(19)11-9-21-7-6-17(11)14(20)10-3-5-15-8-12(10)18/h3,5,8,11,18H,2,4,6-7,9H2,1H3,(H,16,19). The molecule has 0 aromatic carbocycles. The van der Waals surface area contributed by atoms with Gasteiger partial charge in [-0.1, -0.05) is 6.92 Å². The van der Waals surface area contributed by atoms with E-state index in [4.69, 9.17) is 4.74 Å². The first-order chi connectivity index (χ1) is 10.1. The number of ether oxygens (including phenoxy) is 1. The van der Waals surface area contributed by atoms with Crippen LogP contribution in [0.2, 0.25) is 0 Å². The van der Waals surface area contributed by atoms with Gasteiger partial charge in [-0.2, -0.15) is 0 Å². The molecular formula is C14H19N3O4. The quantitative estimate of drug-likeness (QED) is 0.825. The maximum Gasteiger partial charge on any atom is 0.258 e. The van der Waals surface area contributed by atoms with E-state index in [1.807, 2.05) is 6.92 Å². The molecule has 114 valence electrons. The van der Waals surface area contributed by atoms with Crippen molar-refractivity contribution >= 4 is 11.8 Å². The highest BCUT2D eigenvalue weighted by Gasteiger charge is 2.34. The number of hydrogen-bond acceptors (Lipinski definition) is 5. The number of carbonyl (C=O) groups excluding carboxylic acids is 2. The van der Waals surface area contributed by atoms with Crippen LogP contribution in [0.15, 0.2) is 18.5 Å². The Kier molecular flexibility index (Phi) is 5.10. The minimum Gasteiger partial charge on any atom is -0.505 e. The molecule has 1 atom stereocenters. The van der Waals surface area contributed by atoms with E-state index in [2.05, 4.69) is 10.3 Å². The highest BCUT2D eigenvalue weighted by molar-refractivity contribution is 5.99. The first-order valence-corrected chi connectivity index (χ1v) is 6.94. The number of nitrogens with one attached hydrogen (secondary N) is 1. The fourth-order valence-corrected chi connectivity index (χ4v) is 2.15. The molecule has 0 radical (unpaired) electrons. The van der Waals surface area contributed by atoms with E-state index in [1.165, 1.54) is 23.4 Å². The Balaban J connectivity index is 2.16. The van der Waals surface area contributed by atoms with Crippen molar-refractivity contribution in [3.63, 3.8) is 0 Å². The maximum atomic E-state index is 12.5. The fraction of sp³-hybridized carbons (Fsp3) is 0.500. The molecule has 1 aromatic rings. The molecule has 1 saturated heterocycles. The third kappa shape index (κ3) is 3.49. The molecular weight excluding hydrogens is 274 g/mol. The summed E-state index contributed by atoms with van der Waals surface area (Å²) in [6.45, 7) is 3.35. The second-order valence-corrected chi connectivity index (χ2v) is 4.77. The predicted octanol–water partition coefficient (Wildman–Crippen LogP) is 0.154. The van der Waals surface area contributed by atoms with Gasteiger partial charge in [-0.05, 0) is 12.5 Å². The molecule has 1 aromatic heterocycles. The van der Waals surface area contributed by atoms with Gasteiger partial charge >= 0.3 is 0 Å². The van der Waals surface area contributed by atoms with Gasteiger partial charge in [0.15, 0.2) is 0 Å². The second-order valence-electron chi connectivity index (χ2n) is 4.77. The average molecular weight is 293 g/mol. The summed E-state index contributed by atoms with van der Waals surface area (Å²) in [4.78, 5) is 29.8. The van der Waals surface area contributed by atoms with Gasteiger partial charge in [-0.25, -0.2) is 0 Å². The smallest absolute Gasteiger partial charge is 0.258 e. The molecule has 2 N–H and O–H groups in total. The number of pyridine rings is 1. The van der Waals surface area contributed by atoms with Gasteiger partial charge in [0.25, 0.3) is 5.91 Å². The second kappa shape index (κ2) is 7.03. The van der Waals surface area contributed by atoms with Gasteiger partial charge in [0.2, 0.25) is 5.91 Å². The third-order valence-corrected chi connectivity index (χ3v) is 3.27. The van der Waals surface area contributed by atoms with Gasteiger partial charge in [0.1, 0.15) is 11.8 Å². The van der Waals surface area contributed by atoms with Crippen molar-refractivity contribution in [2.75, 3.05) is 26.3 Å². The van der Waals surface area contributed by atoms with Crippen LogP contribution < -0.4 is 5.32 Å². The predicted molar refractivity (Wildman–Crippen MR) is 74.8 cm³/mol. The van der Waals surface area contributed by atoms with Gasteiger partial charge in [-0.3, -0.25) is 14.6 Å². The maximum absolute atomic E-state index is 12.5. The van der Waals surface area contributed by atoms with Crippen LogP contribution in [0.1, 0.15) is 23.7 Å². The normalized spacial score (nSPS) is 18.3. The van der Waals surface area contributed by atoms with Crippen molar-refractivity contribution in [3.05, 3.63) is 24.0 Å². The van der Waals surface area contributed by atoms with Crippen LogP contribution in [-0.4, -0.2) is 59.1 Å². The number of aromatic hydroxyl groups is 1. The van der Waals surface area contributed by atoms with Crippen molar-refractivity contribution in [2.45, 2.75) is 19.4 Å². The monoisotopic (exact) mass is 293 g/mol. The molecule has 21 heavy (non-hydrogen) atoms. The fourth-order valence-electron chi connectivity index (χ4n) is 2.15. The Morgan fingerprint density at radius 2 is 2.38 bits per heavy atom. The summed E-state index contributed by atoms with van der Waals surface area (Å²) in [5.41, 5.74) is 0.139. The number of rotatable bonds is 4. The highest BCUT2D eigenvalue weighted by Crippen LogP contribution is 2.19. The molecule has 2 heterocycles. The average Bonchev–Trinajstić information content (AvgIpc) is 2.52. The Morgan fingerprint density at radius 3 is 3.10 bits per heavy atom. The van der Waals surface area contributed by atoms with Crippen LogP contribution in [0.3, 0.4) is 0 Å². The van der Waals surface area contributed by atoms with Gasteiger partial charge in [-0.15, -0.1) is 0 Å². The molecule has 2 amide bonds. The summed E-state index contributed by atoms with van der Waals surface area (Å²) in [6.07, 6.45) is 3.46. The van der Waals surface area contributed by atoms with E-state index in [0.29, 0.717) is 19.7 Å². The first-order valence-electron chi connectivity index (χ1n) is 6.94. The Bertz CT molecular complexity index is 521. The number of aromatic nitrogens is 1. The minimum atomic E-state index is -0.676. The van der Waals surface area contributed by atoms with Crippen LogP contribution >= 0.6 is 0 Å². The summed E-state index contributed by atoms with van der Waals surface area (Å²) < 4.78 is 5.30. The molecule has 1 aliphatic heterocycles. The first kappa shape index (κ1) is 15.2. The van der Waals surface area contributed by atoms with Crippen molar-refractivity contribution in [3.8, 4) is 5.75 Å². The van der Waals surface area contributed by atoms with Crippen LogP contribution in [0.25, 0.3) is 0 Å². The van der Waals surface area contributed by atoms with E-state index >= 15 is 0 Å². The summed E-state index contributed by atoms with van der Waals surface area (Å²) in [7, 11) is 0. The molecule has 2 rings (SSSR count). The summed E-state index contributed by atoms with van der Waals surface area (Å²) in [6, 6.07) is 0.763. The molecule has 1 fully saturated rings. The van der Waals surface area contributed by atoms with Crippen molar-refractivity contribution in [2.24, 2.45) is 0 Å². The van der Waals surface area contributed by atoms with E-state index in [0.717, 1.165) is 6.42 Å². The number of carbonyl (C=O) groups is 2. The van der Waals surface area contributed by atoms with Crippen molar-refractivity contribution in [1.82, 2.24) is 15.2 Å². The van der Waals surface area contributed by atoms with E-state index in [-0.39, 0.29) is 23.8 Å². The molecule has 0 bridgehead atoms. The zero-order valence-corrected chi connectivity index (χ0v) is 11.9. The highest BCUT2D eigenvalue weighted by atomic mass is 16.5. The zero-order valence-electron chi connectivity index (χ0n) is 11.9. The lowest BCUT2D eigenvalue weighted by Gasteiger charge is -2.34. The van der Waals surface area contributed by atoms with Crippen LogP contribution in [-0.2, 0) is 9.53 Å². The van der Waals surface area contributed by atoms with Gasteiger partial charge < -0.3 is 20.1 Å². The summed E-state index contributed by atoms with van der Waals surface area (Å²) in [5, 5.41) is 12.5. The Labute approximate surface area is 122 Å². The summed E-state index contributed by atoms with van der Waals surface area (Å²) in [5.74, 6) is -0.824. The van der Waals surface area contributed by atoms with Crippen molar-refractivity contribution in [1.29, 1.82) is 0 Å². The molecule has 0 aliphatic carbocycles. The number of morpholine rings is 1. The number of nitrogens with zero attached hydrogens (tertiary/aromatic N) is 2. The number of amides is 2. The topological polar surface area (TPSA) is 91.8 Å². The Hall–Kier alpha value is -2.15. The van der Waals surface area contributed by atoms with Gasteiger partial charge in [0.05, 0.1) is 25.0 Å². The van der Waals surface area contributed by atoms with E-state index < -0.39 is 11.9 Å². The lowest BCUT2D eigenvalue weighted by molar-refractivity contribution is -0.130. The third-order valence-electron chi connectivity index (χ3n) is 3.27. The van der Waals surface area contributed by atoms with E-state index in [9.17, 15) is 14.7 Å². The molecule has 1 aliphatic rings. The molecule has 7 heteroatoms. The van der Waals surface area contributed by atoms with Crippen molar-refractivity contribution < 1.29 is 19.4 Å². The lowest BCUT2D eigenvalue weighted by Crippen LogP contribution is -2.56. The SMILES string of the molecule is CCCNC(=O)C1COCCN1C(=O)c1ccncc1O. The summed E-state index contributed by atoms with van der Waals surface area (Å²) >= 11 is 0. The van der Waals surface area contributed by atoms with Crippen LogP contribution in [0.4, 0.5) is 0 Å². The lowest BCUT2D eigenvalue weighted by atomic mass is 10.1. The molecule has 1 unspecified atom stereocenters. The van der Waals surface area contributed by atoms with Crippen LogP contribution in [0, 0.1) is 0 Å². The molecule has 7 nitrogen and oxygen atoms in total. The Morgan fingerprint density at radius 1 is 1.57 bits per heavy atom. The van der Waals surface area contributed by atoms with Crippen LogP contribution in [0.5, 0.6) is 5.75 Å². The zero-order chi connectivity index (χ0) is 15.2. The number of hydrogen-bond donors (Lipinski definition) is 2. The minimum absolute atomic E-state index is 0.139. The molecule has 0 saturated carbocycles. The van der Waals surface area contributed by atoms with E-state index in [1.54, 1.807) is 0 Å². The van der Waals surface area contributed by atoms with Gasteiger partial charge in [0, 0.05) is 19.3 Å². The largest absolute Gasteiger partial charge is 0.505 e. The molecule has 0 spiro atoms.